The van der Waals surface area contributed by atoms with Gasteiger partial charge in [-0.3, -0.25) is 0 Å². The van der Waals surface area contributed by atoms with Gasteiger partial charge < -0.3 is 14.9 Å². The van der Waals surface area contributed by atoms with Crippen molar-refractivity contribution in [3.05, 3.63) is 36.4 Å². The zero-order chi connectivity index (χ0) is 13.1. The summed E-state index contributed by atoms with van der Waals surface area (Å²) in [5.41, 5.74) is 7.31. The van der Waals surface area contributed by atoms with Gasteiger partial charge in [0.25, 0.3) is 0 Å². The normalized spacial score (nSPS) is 15.8. The van der Waals surface area contributed by atoms with Crippen molar-refractivity contribution in [2.75, 3.05) is 0 Å². The molecule has 4 nitrogen and oxygen atoms in total. The van der Waals surface area contributed by atoms with Crippen LogP contribution in [-0.4, -0.2) is 11.1 Å². The van der Waals surface area contributed by atoms with Crippen molar-refractivity contribution in [1.82, 2.24) is 4.98 Å². The van der Waals surface area contributed by atoms with Crippen molar-refractivity contribution in [3.63, 3.8) is 0 Å². The highest BCUT2D eigenvalue weighted by atomic mass is 16.5. The Labute approximate surface area is 112 Å². The Kier molecular flexibility index (Phi) is 3.51. The first kappa shape index (κ1) is 12.2. The van der Waals surface area contributed by atoms with Crippen molar-refractivity contribution >= 4 is 0 Å². The third-order valence-electron chi connectivity index (χ3n) is 3.48. The standard InChI is InChI=1S/C15H18N2O2/c16-9-15-17-14(10-18-15)11-5-7-13(8-6-11)19-12-3-1-2-4-12/h5-8,10,12H,1-4,9,16H2. The Balaban J connectivity index is 1.70. The van der Waals surface area contributed by atoms with Crippen molar-refractivity contribution in [3.8, 4) is 17.0 Å². The van der Waals surface area contributed by atoms with Crippen LogP contribution < -0.4 is 10.5 Å². The molecule has 0 atom stereocenters. The topological polar surface area (TPSA) is 61.3 Å². The van der Waals surface area contributed by atoms with E-state index in [4.69, 9.17) is 14.9 Å². The summed E-state index contributed by atoms with van der Waals surface area (Å²) < 4.78 is 11.2. The molecule has 2 N–H and O–H groups in total. The first-order valence-corrected chi connectivity index (χ1v) is 6.77. The van der Waals surface area contributed by atoms with E-state index in [9.17, 15) is 0 Å². The molecule has 0 bridgehead atoms. The molecule has 1 heterocycles. The average Bonchev–Trinajstić information content (AvgIpc) is 3.10. The lowest BCUT2D eigenvalue weighted by atomic mass is 10.1. The minimum atomic E-state index is 0.322. The van der Waals surface area contributed by atoms with Crippen molar-refractivity contribution in [2.45, 2.75) is 38.3 Å². The largest absolute Gasteiger partial charge is 0.490 e. The molecule has 0 aliphatic heterocycles. The number of benzene rings is 1. The lowest BCUT2D eigenvalue weighted by Gasteiger charge is -2.12. The third-order valence-corrected chi connectivity index (χ3v) is 3.48. The van der Waals surface area contributed by atoms with Gasteiger partial charge in [-0.2, -0.15) is 0 Å². The molecule has 2 aromatic rings. The molecule has 1 aliphatic rings. The first-order chi connectivity index (χ1) is 9.35. The van der Waals surface area contributed by atoms with Crippen molar-refractivity contribution in [1.29, 1.82) is 0 Å². The minimum absolute atomic E-state index is 0.322. The molecule has 0 unspecified atom stereocenters. The lowest BCUT2D eigenvalue weighted by molar-refractivity contribution is 0.210. The zero-order valence-electron chi connectivity index (χ0n) is 10.8. The van der Waals surface area contributed by atoms with E-state index in [1.807, 2.05) is 24.3 Å². The van der Waals surface area contributed by atoms with Gasteiger partial charge in [0.1, 0.15) is 17.7 Å². The van der Waals surface area contributed by atoms with Crippen LogP contribution in [0.2, 0.25) is 0 Å². The van der Waals surface area contributed by atoms with E-state index in [1.165, 1.54) is 25.7 Å². The van der Waals surface area contributed by atoms with Gasteiger partial charge in [0.05, 0.1) is 12.6 Å². The van der Waals surface area contributed by atoms with E-state index in [-0.39, 0.29) is 0 Å². The summed E-state index contributed by atoms with van der Waals surface area (Å²) in [5.74, 6) is 1.49. The highest BCUT2D eigenvalue weighted by Crippen LogP contribution is 2.26. The maximum atomic E-state index is 5.93. The van der Waals surface area contributed by atoms with Crippen LogP contribution in [0.5, 0.6) is 5.75 Å². The second-order valence-electron chi connectivity index (χ2n) is 4.88. The second-order valence-corrected chi connectivity index (χ2v) is 4.88. The van der Waals surface area contributed by atoms with Crippen LogP contribution in [0.4, 0.5) is 0 Å². The van der Waals surface area contributed by atoms with Gasteiger partial charge in [-0.25, -0.2) is 4.98 Å². The van der Waals surface area contributed by atoms with Crippen LogP contribution in [-0.2, 0) is 6.54 Å². The summed E-state index contributed by atoms with van der Waals surface area (Å²) in [4.78, 5) is 4.30. The van der Waals surface area contributed by atoms with Crippen LogP contribution in [0.1, 0.15) is 31.6 Å². The fraction of sp³-hybridized carbons (Fsp3) is 0.400. The van der Waals surface area contributed by atoms with Crippen LogP contribution in [0, 0.1) is 0 Å². The predicted octanol–water partition coefficient (Wildman–Crippen LogP) is 3.12. The Morgan fingerprint density at radius 1 is 1.21 bits per heavy atom. The van der Waals surface area contributed by atoms with E-state index >= 15 is 0 Å². The molecule has 0 saturated heterocycles. The fourth-order valence-electron chi connectivity index (χ4n) is 2.44. The number of ether oxygens (including phenoxy) is 1. The SMILES string of the molecule is NCc1nc(-c2ccc(OC3CCCC3)cc2)co1. The maximum Gasteiger partial charge on any atom is 0.208 e. The van der Waals surface area contributed by atoms with E-state index < -0.39 is 0 Å². The Bertz CT molecular complexity index is 527. The van der Waals surface area contributed by atoms with Gasteiger partial charge in [0.2, 0.25) is 5.89 Å². The summed E-state index contributed by atoms with van der Waals surface area (Å²) in [6.45, 7) is 0.322. The maximum absolute atomic E-state index is 5.93. The number of oxazole rings is 1. The molecule has 19 heavy (non-hydrogen) atoms. The minimum Gasteiger partial charge on any atom is -0.490 e. The summed E-state index contributed by atoms with van der Waals surface area (Å²) in [6.07, 6.45) is 6.93. The molecular weight excluding hydrogens is 240 g/mol. The van der Waals surface area contributed by atoms with Gasteiger partial charge >= 0.3 is 0 Å². The monoisotopic (exact) mass is 258 g/mol. The van der Waals surface area contributed by atoms with Gasteiger partial charge in [-0.15, -0.1) is 0 Å². The molecule has 1 aromatic heterocycles. The number of hydrogen-bond acceptors (Lipinski definition) is 4. The molecule has 0 radical (unpaired) electrons. The number of nitrogens with zero attached hydrogens (tertiary/aromatic N) is 1. The quantitative estimate of drug-likeness (QED) is 0.915. The molecule has 1 aromatic carbocycles. The molecule has 1 fully saturated rings. The highest BCUT2D eigenvalue weighted by Gasteiger charge is 2.16. The number of aromatic nitrogens is 1. The van der Waals surface area contributed by atoms with Crippen LogP contribution in [0.25, 0.3) is 11.3 Å². The molecule has 100 valence electrons. The third kappa shape index (κ3) is 2.79. The molecule has 4 heteroatoms. The summed E-state index contributed by atoms with van der Waals surface area (Å²) >= 11 is 0. The Morgan fingerprint density at radius 3 is 2.58 bits per heavy atom. The number of hydrogen-bond donors (Lipinski definition) is 1. The predicted molar refractivity (Wildman–Crippen MR) is 72.7 cm³/mol. The van der Waals surface area contributed by atoms with Gasteiger partial charge in [-0.05, 0) is 49.9 Å². The number of rotatable bonds is 4. The zero-order valence-corrected chi connectivity index (χ0v) is 10.8. The van der Waals surface area contributed by atoms with E-state index in [1.54, 1.807) is 6.26 Å². The molecule has 0 amide bonds. The van der Waals surface area contributed by atoms with E-state index in [0.29, 0.717) is 18.5 Å². The fourth-order valence-corrected chi connectivity index (χ4v) is 2.44. The number of nitrogens with two attached hydrogens (primary N) is 1. The van der Waals surface area contributed by atoms with Gasteiger partial charge in [-0.1, -0.05) is 0 Å². The summed E-state index contributed by atoms with van der Waals surface area (Å²) in [5, 5.41) is 0. The molecule has 3 rings (SSSR count). The van der Waals surface area contributed by atoms with Gasteiger partial charge in [0, 0.05) is 5.56 Å². The Morgan fingerprint density at radius 2 is 1.95 bits per heavy atom. The van der Waals surface area contributed by atoms with Crippen molar-refractivity contribution in [2.24, 2.45) is 5.73 Å². The smallest absolute Gasteiger partial charge is 0.208 e. The average molecular weight is 258 g/mol. The van der Waals surface area contributed by atoms with E-state index in [2.05, 4.69) is 4.98 Å². The summed E-state index contributed by atoms with van der Waals surface area (Å²) in [7, 11) is 0. The molecule has 1 aliphatic carbocycles. The lowest BCUT2D eigenvalue weighted by Crippen LogP contribution is -2.10. The first-order valence-electron chi connectivity index (χ1n) is 6.77. The van der Waals surface area contributed by atoms with Gasteiger partial charge in [0.15, 0.2) is 0 Å². The molecule has 1 saturated carbocycles. The summed E-state index contributed by atoms with van der Waals surface area (Å²) in [6, 6.07) is 7.99. The highest BCUT2D eigenvalue weighted by molar-refractivity contribution is 5.58. The molecular formula is C15H18N2O2. The van der Waals surface area contributed by atoms with E-state index in [0.717, 1.165) is 17.0 Å². The van der Waals surface area contributed by atoms with Crippen LogP contribution in [0.3, 0.4) is 0 Å². The second kappa shape index (κ2) is 5.45. The Hall–Kier alpha value is -1.81. The van der Waals surface area contributed by atoms with Crippen molar-refractivity contribution < 1.29 is 9.15 Å². The van der Waals surface area contributed by atoms with Crippen LogP contribution >= 0.6 is 0 Å². The molecule has 0 spiro atoms. The van der Waals surface area contributed by atoms with Crippen LogP contribution in [0.15, 0.2) is 34.9 Å².